The molecule has 2 N–H and O–H groups in total. The molecule has 0 unspecified atom stereocenters. The number of hydrogen-bond acceptors (Lipinski definition) is 3. The van der Waals surface area contributed by atoms with Crippen LogP contribution >= 0.6 is 0 Å². The molecular weight excluding hydrogens is 298 g/mol. The summed E-state index contributed by atoms with van der Waals surface area (Å²) in [5, 5.41) is 7.50. The molecular formula is C16H17N3O2S. The zero-order chi connectivity index (χ0) is 15.6. The minimum Gasteiger partial charge on any atom is -0.279 e. The summed E-state index contributed by atoms with van der Waals surface area (Å²) < 4.78 is 27.6. The smallest absolute Gasteiger partial charge is 0.261 e. The maximum Gasteiger partial charge on any atom is 0.261 e. The van der Waals surface area contributed by atoms with E-state index in [4.69, 9.17) is 0 Å². The predicted molar refractivity (Wildman–Crippen MR) is 87.3 cm³/mol. The molecule has 5 nitrogen and oxygen atoms in total. The lowest BCUT2D eigenvalue weighted by molar-refractivity contribution is 0.601. The third-order valence-corrected chi connectivity index (χ3v) is 4.88. The first-order valence-electron chi connectivity index (χ1n) is 7.14. The molecule has 0 saturated heterocycles. The number of anilines is 1. The molecule has 0 aliphatic heterocycles. The van der Waals surface area contributed by atoms with Gasteiger partial charge in [-0.2, -0.15) is 5.10 Å². The lowest BCUT2D eigenvalue weighted by Gasteiger charge is -2.09. The molecule has 114 valence electrons. The number of benzene rings is 2. The van der Waals surface area contributed by atoms with Crippen molar-refractivity contribution in [3.05, 3.63) is 54.2 Å². The Bertz CT molecular complexity index is 883. The largest absolute Gasteiger partial charge is 0.279 e. The zero-order valence-corrected chi connectivity index (χ0v) is 13.0. The molecule has 3 rings (SSSR count). The van der Waals surface area contributed by atoms with Crippen molar-refractivity contribution in [2.75, 3.05) is 4.72 Å². The molecule has 22 heavy (non-hydrogen) atoms. The number of sulfonamides is 1. The van der Waals surface area contributed by atoms with E-state index in [-0.39, 0.29) is 4.90 Å². The second-order valence-electron chi connectivity index (χ2n) is 5.14. The second kappa shape index (κ2) is 5.81. The highest BCUT2D eigenvalue weighted by Crippen LogP contribution is 2.24. The summed E-state index contributed by atoms with van der Waals surface area (Å²) in [4.78, 5) is 0.257. The number of nitrogens with zero attached hydrogens (tertiary/aromatic N) is 1. The maximum atomic E-state index is 12.5. The number of fused-ring (bicyclic) bond motifs is 1. The fourth-order valence-electron chi connectivity index (χ4n) is 2.38. The van der Waals surface area contributed by atoms with E-state index < -0.39 is 10.0 Å². The first-order valence-corrected chi connectivity index (χ1v) is 8.62. The summed E-state index contributed by atoms with van der Waals surface area (Å²) in [7, 11) is -3.61. The Hall–Kier alpha value is -2.34. The SMILES string of the molecule is CCCc1ccc(S(=O)(=O)Nc2cccc3[nH]ncc23)cc1. The molecule has 3 aromatic rings. The summed E-state index contributed by atoms with van der Waals surface area (Å²) in [5.41, 5.74) is 2.45. The molecule has 0 saturated carbocycles. The van der Waals surface area contributed by atoms with E-state index in [1.807, 2.05) is 18.2 Å². The molecule has 0 spiro atoms. The second-order valence-corrected chi connectivity index (χ2v) is 6.82. The Kier molecular flexibility index (Phi) is 3.85. The molecule has 1 heterocycles. The summed E-state index contributed by atoms with van der Waals surface area (Å²) in [6.45, 7) is 2.10. The highest BCUT2D eigenvalue weighted by atomic mass is 32.2. The van der Waals surface area contributed by atoms with Crippen LogP contribution < -0.4 is 4.72 Å². The Morgan fingerprint density at radius 2 is 1.91 bits per heavy atom. The van der Waals surface area contributed by atoms with Gasteiger partial charge in [0.1, 0.15) is 0 Å². The monoisotopic (exact) mass is 315 g/mol. The summed E-state index contributed by atoms with van der Waals surface area (Å²) in [6.07, 6.45) is 3.59. The standard InChI is InChI=1S/C16H17N3O2S/c1-2-4-12-7-9-13(10-8-12)22(20,21)19-16-6-3-5-15-14(16)11-17-18-15/h3,5-11,19H,2,4H2,1H3,(H,17,18). The van der Waals surface area contributed by atoms with Gasteiger partial charge in [0.15, 0.2) is 0 Å². The van der Waals surface area contributed by atoms with E-state index >= 15 is 0 Å². The van der Waals surface area contributed by atoms with E-state index in [1.54, 1.807) is 30.5 Å². The number of nitrogens with one attached hydrogen (secondary N) is 2. The van der Waals surface area contributed by atoms with Crippen molar-refractivity contribution < 1.29 is 8.42 Å². The van der Waals surface area contributed by atoms with E-state index in [0.29, 0.717) is 5.69 Å². The normalized spacial score (nSPS) is 11.7. The van der Waals surface area contributed by atoms with Gasteiger partial charge in [-0.3, -0.25) is 9.82 Å². The third kappa shape index (κ3) is 2.82. The number of hydrogen-bond donors (Lipinski definition) is 2. The first kappa shape index (κ1) is 14.6. The average Bonchev–Trinajstić information content (AvgIpc) is 2.97. The van der Waals surface area contributed by atoms with E-state index in [2.05, 4.69) is 21.8 Å². The number of rotatable bonds is 5. The highest BCUT2D eigenvalue weighted by molar-refractivity contribution is 7.92. The summed E-state index contributed by atoms with van der Waals surface area (Å²) in [6, 6.07) is 12.3. The number of H-pyrrole nitrogens is 1. The van der Waals surface area contributed by atoms with Crippen molar-refractivity contribution in [2.24, 2.45) is 0 Å². The van der Waals surface area contributed by atoms with Crippen molar-refractivity contribution >= 4 is 26.6 Å². The lowest BCUT2D eigenvalue weighted by Crippen LogP contribution is -2.13. The van der Waals surface area contributed by atoms with Crippen LogP contribution in [0.3, 0.4) is 0 Å². The molecule has 1 aromatic heterocycles. The van der Waals surface area contributed by atoms with Gasteiger partial charge in [0.05, 0.1) is 22.3 Å². The van der Waals surface area contributed by atoms with Crippen LogP contribution in [0.2, 0.25) is 0 Å². The lowest BCUT2D eigenvalue weighted by atomic mass is 10.1. The molecule has 0 aliphatic carbocycles. The number of aryl methyl sites for hydroxylation is 1. The maximum absolute atomic E-state index is 12.5. The molecule has 0 fully saturated rings. The van der Waals surface area contributed by atoms with Gasteiger partial charge < -0.3 is 0 Å². The van der Waals surface area contributed by atoms with Crippen LogP contribution in [0.15, 0.2) is 53.6 Å². The molecule has 6 heteroatoms. The molecule has 0 atom stereocenters. The summed E-state index contributed by atoms with van der Waals surface area (Å²) in [5.74, 6) is 0. The minimum atomic E-state index is -3.61. The minimum absolute atomic E-state index is 0.257. The zero-order valence-electron chi connectivity index (χ0n) is 12.2. The Morgan fingerprint density at radius 1 is 1.14 bits per heavy atom. The molecule has 0 aliphatic rings. The molecule has 0 bridgehead atoms. The van der Waals surface area contributed by atoms with Crippen LogP contribution in [0.25, 0.3) is 10.9 Å². The van der Waals surface area contributed by atoms with Crippen LogP contribution in [0.4, 0.5) is 5.69 Å². The Labute approximate surface area is 129 Å². The van der Waals surface area contributed by atoms with Crippen LogP contribution in [0, 0.1) is 0 Å². The number of aromatic amines is 1. The predicted octanol–water partition coefficient (Wildman–Crippen LogP) is 3.32. The average molecular weight is 315 g/mol. The Balaban J connectivity index is 1.91. The highest BCUT2D eigenvalue weighted by Gasteiger charge is 2.15. The molecule has 2 aromatic carbocycles. The number of aromatic nitrogens is 2. The topological polar surface area (TPSA) is 74.8 Å². The molecule has 0 amide bonds. The fraction of sp³-hybridized carbons (Fsp3) is 0.188. The molecule has 0 radical (unpaired) electrons. The van der Waals surface area contributed by atoms with Crippen LogP contribution in [0.1, 0.15) is 18.9 Å². The quantitative estimate of drug-likeness (QED) is 0.758. The van der Waals surface area contributed by atoms with Crippen molar-refractivity contribution in [3.63, 3.8) is 0 Å². The summed E-state index contributed by atoms with van der Waals surface area (Å²) >= 11 is 0. The van der Waals surface area contributed by atoms with Crippen molar-refractivity contribution in [1.82, 2.24) is 10.2 Å². The van der Waals surface area contributed by atoms with E-state index in [0.717, 1.165) is 29.3 Å². The van der Waals surface area contributed by atoms with Gasteiger partial charge in [-0.25, -0.2) is 8.42 Å². The fourth-order valence-corrected chi connectivity index (χ4v) is 3.46. The van der Waals surface area contributed by atoms with Gasteiger partial charge in [-0.15, -0.1) is 0 Å². The van der Waals surface area contributed by atoms with Crippen LogP contribution in [-0.4, -0.2) is 18.6 Å². The van der Waals surface area contributed by atoms with Crippen molar-refractivity contribution in [3.8, 4) is 0 Å². The third-order valence-electron chi connectivity index (χ3n) is 3.50. The van der Waals surface area contributed by atoms with Crippen LogP contribution in [0.5, 0.6) is 0 Å². The van der Waals surface area contributed by atoms with Gasteiger partial charge in [-0.05, 0) is 36.2 Å². The van der Waals surface area contributed by atoms with Crippen molar-refractivity contribution in [1.29, 1.82) is 0 Å². The van der Waals surface area contributed by atoms with Gasteiger partial charge >= 0.3 is 0 Å². The van der Waals surface area contributed by atoms with E-state index in [1.165, 1.54) is 0 Å². The van der Waals surface area contributed by atoms with Gasteiger partial charge in [0.2, 0.25) is 0 Å². The van der Waals surface area contributed by atoms with Gasteiger partial charge in [0, 0.05) is 5.39 Å². The Morgan fingerprint density at radius 3 is 2.64 bits per heavy atom. The van der Waals surface area contributed by atoms with E-state index in [9.17, 15) is 8.42 Å². The van der Waals surface area contributed by atoms with Gasteiger partial charge in [-0.1, -0.05) is 31.5 Å². The van der Waals surface area contributed by atoms with Crippen LogP contribution in [-0.2, 0) is 16.4 Å². The van der Waals surface area contributed by atoms with Crippen molar-refractivity contribution in [2.45, 2.75) is 24.7 Å². The first-order chi connectivity index (χ1) is 10.6. The van der Waals surface area contributed by atoms with Gasteiger partial charge in [0.25, 0.3) is 10.0 Å².